The highest BCUT2D eigenvalue weighted by Crippen LogP contribution is 2.24. The molecule has 0 fully saturated rings. The van der Waals surface area contributed by atoms with Gasteiger partial charge in [0.2, 0.25) is 0 Å². The summed E-state index contributed by atoms with van der Waals surface area (Å²) in [6, 6.07) is 0. The first kappa shape index (κ1) is 7.08. The van der Waals surface area contributed by atoms with Crippen LogP contribution in [0.15, 0.2) is 5.10 Å². The van der Waals surface area contributed by atoms with E-state index in [9.17, 15) is 0 Å². The molecule has 52 valence electrons. The van der Waals surface area contributed by atoms with Crippen molar-refractivity contribution in [2.75, 3.05) is 5.75 Å². The smallest absolute Gasteiger partial charge is 0.180 e. The lowest BCUT2D eigenvalue weighted by atomic mass is 11.0. The lowest BCUT2D eigenvalue weighted by molar-refractivity contribution is 0.855. The summed E-state index contributed by atoms with van der Waals surface area (Å²) in [5.74, 6) is 1.09. The lowest BCUT2D eigenvalue weighted by Crippen LogP contribution is -2.10. The Labute approximate surface area is 62.8 Å². The maximum atomic E-state index is 5.39. The monoisotopic (exact) mass is 163 g/mol. The van der Waals surface area contributed by atoms with E-state index in [1.165, 1.54) is 0 Å². The fourth-order valence-corrected chi connectivity index (χ4v) is 2.34. The van der Waals surface area contributed by atoms with E-state index in [1.54, 1.807) is 23.5 Å². The Bertz CT molecular complexity index is 125. The Morgan fingerprint density at radius 3 is 3.22 bits per heavy atom. The third kappa shape index (κ3) is 1.98. The van der Waals surface area contributed by atoms with Crippen LogP contribution in [-0.4, -0.2) is 15.6 Å². The van der Waals surface area contributed by atoms with Gasteiger partial charge < -0.3 is 5.73 Å². The SMILES string of the molecule is CCSC1NN=C(N)S1. The predicted molar refractivity (Wildman–Crippen MR) is 44.3 cm³/mol. The van der Waals surface area contributed by atoms with Crippen LogP contribution < -0.4 is 11.2 Å². The Balaban J connectivity index is 2.21. The minimum absolute atomic E-state index is 0.343. The van der Waals surface area contributed by atoms with Crippen LogP contribution >= 0.6 is 23.5 Å². The Hall–Kier alpha value is -0.0300. The Morgan fingerprint density at radius 2 is 2.78 bits per heavy atom. The predicted octanol–water partition coefficient (Wildman–Crippen LogP) is 0.589. The molecule has 0 saturated carbocycles. The van der Waals surface area contributed by atoms with Crippen LogP contribution in [0.4, 0.5) is 0 Å². The van der Waals surface area contributed by atoms with Gasteiger partial charge in [0.1, 0.15) is 4.71 Å². The fraction of sp³-hybridized carbons (Fsp3) is 0.750. The fourth-order valence-electron chi connectivity index (χ4n) is 0.501. The highest BCUT2D eigenvalue weighted by molar-refractivity contribution is 8.25. The van der Waals surface area contributed by atoms with Crippen molar-refractivity contribution in [2.24, 2.45) is 10.8 Å². The van der Waals surface area contributed by atoms with E-state index in [0.717, 1.165) is 5.75 Å². The molecule has 0 aromatic carbocycles. The molecule has 9 heavy (non-hydrogen) atoms. The van der Waals surface area contributed by atoms with Gasteiger partial charge in [-0.25, -0.2) is 0 Å². The number of hydrogen-bond donors (Lipinski definition) is 2. The van der Waals surface area contributed by atoms with E-state index in [-0.39, 0.29) is 0 Å². The molecule has 1 heterocycles. The molecule has 1 rings (SSSR count). The summed E-state index contributed by atoms with van der Waals surface area (Å²) < 4.78 is 0.343. The van der Waals surface area contributed by atoms with Crippen LogP contribution in [0.2, 0.25) is 0 Å². The highest BCUT2D eigenvalue weighted by atomic mass is 32.2. The molecule has 0 spiro atoms. The van der Waals surface area contributed by atoms with E-state index < -0.39 is 0 Å². The molecular weight excluding hydrogens is 154 g/mol. The summed E-state index contributed by atoms with van der Waals surface area (Å²) >= 11 is 3.37. The van der Waals surface area contributed by atoms with Gasteiger partial charge in [0.05, 0.1) is 0 Å². The summed E-state index contributed by atoms with van der Waals surface area (Å²) in [5, 5.41) is 4.46. The largest absolute Gasteiger partial charge is 0.377 e. The molecule has 0 aromatic heterocycles. The van der Waals surface area contributed by atoms with E-state index in [2.05, 4.69) is 17.5 Å². The zero-order valence-electron chi connectivity index (χ0n) is 5.13. The van der Waals surface area contributed by atoms with E-state index >= 15 is 0 Å². The number of thioether (sulfide) groups is 2. The average Bonchev–Trinajstić information content (AvgIpc) is 2.17. The van der Waals surface area contributed by atoms with Gasteiger partial charge in [0.25, 0.3) is 0 Å². The Kier molecular flexibility index (Phi) is 2.53. The molecule has 5 heteroatoms. The third-order valence-corrected chi connectivity index (χ3v) is 2.92. The molecule has 0 radical (unpaired) electrons. The van der Waals surface area contributed by atoms with Gasteiger partial charge in [-0.1, -0.05) is 6.92 Å². The van der Waals surface area contributed by atoms with Crippen LogP contribution in [-0.2, 0) is 0 Å². The van der Waals surface area contributed by atoms with Gasteiger partial charge in [-0.15, -0.1) is 11.8 Å². The quantitative estimate of drug-likeness (QED) is 0.625. The van der Waals surface area contributed by atoms with Crippen LogP contribution in [0.3, 0.4) is 0 Å². The van der Waals surface area contributed by atoms with Gasteiger partial charge >= 0.3 is 0 Å². The standard InChI is InChI=1S/C4H9N3S2/c1-2-8-4-7-6-3(5)9-4/h4,7H,2H2,1H3,(H2,5,6). The van der Waals surface area contributed by atoms with Crippen LogP contribution in [0.1, 0.15) is 6.92 Å². The first-order valence-electron chi connectivity index (χ1n) is 2.70. The molecule has 0 aromatic rings. The van der Waals surface area contributed by atoms with Gasteiger partial charge in [-0.05, 0) is 17.5 Å². The van der Waals surface area contributed by atoms with Gasteiger partial charge in [-0.3, -0.25) is 5.43 Å². The first-order chi connectivity index (χ1) is 4.33. The minimum Gasteiger partial charge on any atom is -0.377 e. The molecule has 1 aliphatic rings. The normalized spacial score (nSPS) is 25.4. The van der Waals surface area contributed by atoms with Crippen molar-refractivity contribution in [1.29, 1.82) is 0 Å². The summed E-state index contributed by atoms with van der Waals surface area (Å²) in [6.45, 7) is 2.11. The molecule has 0 bridgehead atoms. The second-order valence-corrected chi connectivity index (χ2v) is 4.29. The topological polar surface area (TPSA) is 50.4 Å². The molecule has 3 nitrogen and oxygen atoms in total. The zero-order chi connectivity index (χ0) is 6.69. The summed E-state index contributed by atoms with van der Waals surface area (Å²) in [4.78, 5) is 0. The summed E-state index contributed by atoms with van der Waals surface area (Å²) in [5.41, 5.74) is 8.29. The lowest BCUT2D eigenvalue weighted by Gasteiger charge is -2.03. The van der Waals surface area contributed by atoms with Crippen molar-refractivity contribution in [3.63, 3.8) is 0 Å². The molecule has 1 atom stereocenters. The second-order valence-electron chi connectivity index (χ2n) is 1.48. The van der Waals surface area contributed by atoms with Crippen molar-refractivity contribution in [3.8, 4) is 0 Å². The highest BCUT2D eigenvalue weighted by Gasteiger charge is 2.15. The van der Waals surface area contributed by atoms with Gasteiger partial charge in [-0.2, -0.15) is 5.10 Å². The van der Waals surface area contributed by atoms with Crippen molar-refractivity contribution in [3.05, 3.63) is 0 Å². The van der Waals surface area contributed by atoms with Crippen LogP contribution in [0.25, 0.3) is 0 Å². The zero-order valence-corrected chi connectivity index (χ0v) is 6.76. The number of hydrogen-bond acceptors (Lipinski definition) is 5. The summed E-state index contributed by atoms with van der Waals surface area (Å²) in [7, 11) is 0. The Morgan fingerprint density at radius 1 is 2.00 bits per heavy atom. The third-order valence-electron chi connectivity index (χ3n) is 0.826. The minimum atomic E-state index is 0.343. The second kappa shape index (κ2) is 3.22. The number of rotatable bonds is 2. The molecule has 0 amide bonds. The maximum Gasteiger partial charge on any atom is 0.180 e. The van der Waals surface area contributed by atoms with Crippen molar-refractivity contribution in [2.45, 2.75) is 11.6 Å². The molecule has 0 aliphatic carbocycles. The number of hydrazone groups is 1. The number of nitrogens with zero attached hydrogens (tertiary/aromatic N) is 1. The van der Waals surface area contributed by atoms with Crippen molar-refractivity contribution in [1.82, 2.24) is 5.43 Å². The molecule has 1 aliphatic heterocycles. The molecule has 0 saturated heterocycles. The van der Waals surface area contributed by atoms with Crippen LogP contribution in [0.5, 0.6) is 0 Å². The molecule has 1 unspecified atom stereocenters. The molecule has 3 N–H and O–H groups in total. The van der Waals surface area contributed by atoms with Crippen LogP contribution in [0, 0.1) is 0 Å². The molecular formula is C4H9N3S2. The van der Waals surface area contributed by atoms with E-state index in [1.807, 2.05) is 0 Å². The summed E-state index contributed by atoms with van der Waals surface area (Å²) in [6.07, 6.45) is 0. The number of nitrogens with two attached hydrogens (primary N) is 1. The van der Waals surface area contributed by atoms with E-state index in [4.69, 9.17) is 5.73 Å². The van der Waals surface area contributed by atoms with Gasteiger partial charge in [0, 0.05) is 0 Å². The van der Waals surface area contributed by atoms with Crippen molar-refractivity contribution < 1.29 is 0 Å². The maximum absolute atomic E-state index is 5.39. The van der Waals surface area contributed by atoms with Crippen molar-refractivity contribution >= 4 is 28.7 Å². The average molecular weight is 163 g/mol. The number of amidine groups is 1. The van der Waals surface area contributed by atoms with Gasteiger partial charge in [0.15, 0.2) is 5.17 Å². The number of nitrogens with one attached hydrogen (secondary N) is 1. The van der Waals surface area contributed by atoms with E-state index in [0.29, 0.717) is 9.87 Å². The first-order valence-corrected chi connectivity index (χ1v) is 4.62.